The fraction of sp³-hybridized carbons (Fsp3) is 0.500. The first kappa shape index (κ1) is 14.2. The van der Waals surface area contributed by atoms with Crippen LogP contribution in [0, 0.1) is 5.92 Å². The highest BCUT2D eigenvalue weighted by Gasteiger charge is 2.15. The summed E-state index contributed by atoms with van der Waals surface area (Å²) in [6.45, 7) is 9.63. The van der Waals surface area contributed by atoms with Crippen molar-refractivity contribution in [2.75, 3.05) is 11.4 Å². The topological polar surface area (TPSA) is 20.3 Å². The molecule has 1 aromatic rings. The van der Waals surface area contributed by atoms with Crippen LogP contribution in [0.3, 0.4) is 0 Å². The standard InChI is InChI=1S/C14H20BrNO/c1-10(2)8-16(11(3)4)14-7-13(15)6-5-12(14)9-17/h5-7,9-11H,8H2,1-4H3. The molecule has 0 aliphatic carbocycles. The zero-order chi connectivity index (χ0) is 13.0. The van der Waals surface area contributed by atoms with Gasteiger partial charge in [-0.2, -0.15) is 0 Å². The molecule has 0 aromatic heterocycles. The Hall–Kier alpha value is -0.830. The molecule has 0 fully saturated rings. The second-order valence-corrected chi connectivity index (χ2v) is 5.88. The maximum atomic E-state index is 11.1. The van der Waals surface area contributed by atoms with E-state index in [2.05, 4.69) is 48.5 Å². The van der Waals surface area contributed by atoms with Crippen LogP contribution in [0.2, 0.25) is 0 Å². The van der Waals surface area contributed by atoms with Gasteiger partial charge in [-0.3, -0.25) is 4.79 Å². The summed E-state index contributed by atoms with van der Waals surface area (Å²) in [4.78, 5) is 13.4. The molecule has 3 heteroatoms. The molecule has 2 nitrogen and oxygen atoms in total. The summed E-state index contributed by atoms with van der Waals surface area (Å²) in [6, 6.07) is 6.17. The number of anilines is 1. The van der Waals surface area contributed by atoms with E-state index in [1.807, 2.05) is 18.2 Å². The van der Waals surface area contributed by atoms with Crippen LogP contribution in [0.25, 0.3) is 0 Å². The molecule has 0 bridgehead atoms. The van der Waals surface area contributed by atoms with Crippen LogP contribution < -0.4 is 4.90 Å². The molecular weight excluding hydrogens is 278 g/mol. The predicted octanol–water partition coefficient (Wildman–Crippen LogP) is 4.13. The van der Waals surface area contributed by atoms with Gasteiger partial charge in [0.15, 0.2) is 6.29 Å². The average molecular weight is 298 g/mol. The number of hydrogen-bond donors (Lipinski definition) is 0. The van der Waals surface area contributed by atoms with Gasteiger partial charge in [-0.1, -0.05) is 29.8 Å². The fourth-order valence-electron chi connectivity index (χ4n) is 1.85. The number of hydrogen-bond acceptors (Lipinski definition) is 2. The van der Waals surface area contributed by atoms with Crippen molar-refractivity contribution in [3.8, 4) is 0 Å². The summed E-state index contributed by atoms with van der Waals surface area (Å²) in [5.41, 5.74) is 1.76. The first-order valence-electron chi connectivity index (χ1n) is 5.97. The highest BCUT2D eigenvalue weighted by Crippen LogP contribution is 2.26. The van der Waals surface area contributed by atoms with E-state index in [4.69, 9.17) is 0 Å². The highest BCUT2D eigenvalue weighted by molar-refractivity contribution is 9.10. The lowest BCUT2D eigenvalue weighted by atomic mass is 10.1. The number of rotatable bonds is 5. The average Bonchev–Trinajstić information content (AvgIpc) is 2.25. The lowest BCUT2D eigenvalue weighted by Crippen LogP contribution is -2.34. The number of aldehydes is 1. The van der Waals surface area contributed by atoms with Gasteiger partial charge in [0.25, 0.3) is 0 Å². The van der Waals surface area contributed by atoms with E-state index in [1.165, 1.54) is 0 Å². The first-order valence-corrected chi connectivity index (χ1v) is 6.76. The summed E-state index contributed by atoms with van der Waals surface area (Å²) in [6.07, 6.45) is 0.928. The van der Waals surface area contributed by atoms with E-state index in [-0.39, 0.29) is 0 Å². The Morgan fingerprint density at radius 2 is 1.94 bits per heavy atom. The quantitative estimate of drug-likeness (QED) is 0.762. The maximum Gasteiger partial charge on any atom is 0.152 e. The van der Waals surface area contributed by atoms with Crippen molar-refractivity contribution >= 4 is 27.9 Å². The van der Waals surface area contributed by atoms with E-state index < -0.39 is 0 Å². The lowest BCUT2D eigenvalue weighted by molar-refractivity contribution is 0.112. The molecule has 17 heavy (non-hydrogen) atoms. The van der Waals surface area contributed by atoms with Crippen molar-refractivity contribution < 1.29 is 4.79 Å². The maximum absolute atomic E-state index is 11.1. The Morgan fingerprint density at radius 1 is 1.29 bits per heavy atom. The monoisotopic (exact) mass is 297 g/mol. The predicted molar refractivity (Wildman–Crippen MR) is 76.8 cm³/mol. The third-order valence-corrected chi connectivity index (χ3v) is 3.11. The summed E-state index contributed by atoms with van der Waals surface area (Å²) in [5.74, 6) is 0.566. The van der Waals surface area contributed by atoms with Crippen molar-refractivity contribution in [2.24, 2.45) is 5.92 Å². The smallest absolute Gasteiger partial charge is 0.152 e. The van der Waals surface area contributed by atoms with Crippen molar-refractivity contribution in [1.82, 2.24) is 0 Å². The van der Waals surface area contributed by atoms with Gasteiger partial charge in [0, 0.05) is 28.3 Å². The molecule has 1 rings (SSSR count). The van der Waals surface area contributed by atoms with Crippen LogP contribution >= 0.6 is 15.9 Å². The Labute approximate surface area is 112 Å². The minimum absolute atomic E-state index is 0.380. The largest absolute Gasteiger partial charge is 0.368 e. The molecule has 0 radical (unpaired) electrons. The molecule has 0 aliphatic heterocycles. The van der Waals surface area contributed by atoms with Crippen LogP contribution in [0.4, 0.5) is 5.69 Å². The van der Waals surface area contributed by atoms with Gasteiger partial charge in [-0.25, -0.2) is 0 Å². The SMILES string of the molecule is CC(C)CN(c1cc(Br)ccc1C=O)C(C)C. The second-order valence-electron chi connectivity index (χ2n) is 4.96. The Morgan fingerprint density at radius 3 is 2.41 bits per heavy atom. The first-order chi connectivity index (χ1) is 7.95. The minimum Gasteiger partial charge on any atom is -0.368 e. The van der Waals surface area contributed by atoms with Gasteiger partial charge < -0.3 is 4.90 Å². The molecular formula is C14H20BrNO. The van der Waals surface area contributed by atoms with Crippen LogP contribution in [-0.4, -0.2) is 18.9 Å². The third kappa shape index (κ3) is 3.84. The zero-order valence-corrected chi connectivity index (χ0v) is 12.5. The van der Waals surface area contributed by atoms with Gasteiger partial charge in [0.2, 0.25) is 0 Å². The Bertz CT molecular complexity index is 388. The van der Waals surface area contributed by atoms with Crippen LogP contribution in [0.5, 0.6) is 0 Å². The highest BCUT2D eigenvalue weighted by atomic mass is 79.9. The van der Waals surface area contributed by atoms with Crippen molar-refractivity contribution in [3.63, 3.8) is 0 Å². The molecule has 0 amide bonds. The van der Waals surface area contributed by atoms with E-state index >= 15 is 0 Å². The van der Waals surface area contributed by atoms with Gasteiger partial charge >= 0.3 is 0 Å². The fourth-order valence-corrected chi connectivity index (χ4v) is 2.19. The third-order valence-electron chi connectivity index (χ3n) is 2.61. The second kappa shape index (κ2) is 6.20. The Balaban J connectivity index is 3.16. The van der Waals surface area contributed by atoms with Crippen LogP contribution in [0.1, 0.15) is 38.1 Å². The molecule has 0 unspecified atom stereocenters. The summed E-state index contributed by atoms with van der Waals surface area (Å²) >= 11 is 3.47. The van der Waals surface area contributed by atoms with E-state index in [0.717, 1.165) is 28.6 Å². The Kier molecular flexibility index (Phi) is 5.19. The minimum atomic E-state index is 0.380. The summed E-state index contributed by atoms with van der Waals surface area (Å²) < 4.78 is 1.01. The van der Waals surface area contributed by atoms with Gasteiger partial charge in [-0.05, 0) is 38.0 Å². The van der Waals surface area contributed by atoms with Gasteiger partial charge in [0.1, 0.15) is 0 Å². The molecule has 0 spiro atoms. The summed E-state index contributed by atoms with van der Waals surface area (Å²) in [5, 5.41) is 0. The van der Waals surface area contributed by atoms with Gasteiger partial charge in [-0.15, -0.1) is 0 Å². The number of nitrogens with zero attached hydrogens (tertiary/aromatic N) is 1. The van der Waals surface area contributed by atoms with Gasteiger partial charge in [0.05, 0.1) is 0 Å². The molecule has 0 saturated carbocycles. The number of carbonyl (C=O) groups excluding carboxylic acids is 1. The molecule has 0 atom stereocenters. The molecule has 94 valence electrons. The lowest BCUT2D eigenvalue weighted by Gasteiger charge is -2.31. The van der Waals surface area contributed by atoms with E-state index in [1.54, 1.807) is 0 Å². The summed E-state index contributed by atoms with van der Waals surface area (Å²) in [7, 11) is 0. The molecule has 1 aromatic carbocycles. The number of carbonyl (C=O) groups is 1. The van der Waals surface area contributed by atoms with Crippen molar-refractivity contribution in [1.29, 1.82) is 0 Å². The molecule has 0 heterocycles. The zero-order valence-electron chi connectivity index (χ0n) is 10.9. The van der Waals surface area contributed by atoms with Crippen molar-refractivity contribution in [2.45, 2.75) is 33.7 Å². The van der Waals surface area contributed by atoms with Crippen LogP contribution in [0.15, 0.2) is 22.7 Å². The van der Waals surface area contributed by atoms with Crippen LogP contribution in [-0.2, 0) is 0 Å². The van der Waals surface area contributed by atoms with Crippen molar-refractivity contribution in [3.05, 3.63) is 28.2 Å². The van der Waals surface area contributed by atoms with E-state index in [0.29, 0.717) is 12.0 Å². The molecule has 0 N–H and O–H groups in total. The number of halogens is 1. The van der Waals surface area contributed by atoms with E-state index in [9.17, 15) is 4.79 Å². The molecule has 0 saturated heterocycles. The molecule has 0 aliphatic rings. The number of benzene rings is 1. The normalized spacial score (nSPS) is 11.0.